The third-order valence-corrected chi connectivity index (χ3v) is 5.51. The summed E-state index contributed by atoms with van der Waals surface area (Å²) in [6, 6.07) is 6.09. The number of Topliss-reactive ketones (excluding diaryl/α,β-unsaturated/α-hetero) is 1. The van der Waals surface area contributed by atoms with E-state index in [-0.39, 0.29) is 26.2 Å². The van der Waals surface area contributed by atoms with E-state index >= 15 is 0 Å². The van der Waals surface area contributed by atoms with Gasteiger partial charge in [-0.2, -0.15) is 13.2 Å². The molecule has 2 amide bonds. The Morgan fingerprint density at radius 1 is 1.03 bits per heavy atom. The highest BCUT2D eigenvalue weighted by Crippen LogP contribution is 2.44. The van der Waals surface area contributed by atoms with Gasteiger partial charge in [-0.3, -0.25) is 4.79 Å². The van der Waals surface area contributed by atoms with E-state index in [0.717, 1.165) is 0 Å². The molecule has 0 aliphatic carbocycles. The van der Waals surface area contributed by atoms with Gasteiger partial charge in [0.1, 0.15) is 5.92 Å². The lowest BCUT2D eigenvalue weighted by Gasteiger charge is -2.45. The molecule has 1 heterocycles. The van der Waals surface area contributed by atoms with Gasteiger partial charge in [-0.25, -0.2) is 4.79 Å². The second-order valence-corrected chi connectivity index (χ2v) is 7.61. The highest BCUT2D eigenvalue weighted by molar-refractivity contribution is 6.42. The number of ketones is 1. The Morgan fingerprint density at radius 3 is 2.21 bits per heavy atom. The van der Waals surface area contributed by atoms with Crippen LogP contribution < -0.4 is 10.6 Å². The first kappa shape index (κ1) is 21.7. The fourth-order valence-electron chi connectivity index (χ4n) is 3.12. The van der Waals surface area contributed by atoms with E-state index in [9.17, 15) is 27.9 Å². The van der Waals surface area contributed by atoms with Gasteiger partial charge < -0.3 is 15.7 Å². The molecule has 3 atom stereocenters. The molecule has 154 valence electrons. The van der Waals surface area contributed by atoms with Crippen LogP contribution in [0.15, 0.2) is 42.5 Å². The minimum Gasteiger partial charge on any atom is -0.363 e. The number of urea groups is 1. The van der Waals surface area contributed by atoms with Gasteiger partial charge in [0.25, 0.3) is 0 Å². The number of amides is 2. The molecule has 3 rings (SSSR count). The topological polar surface area (TPSA) is 78.4 Å². The Kier molecular flexibility index (Phi) is 5.75. The average Bonchev–Trinajstić information content (AvgIpc) is 2.62. The summed E-state index contributed by atoms with van der Waals surface area (Å²) in [5.41, 5.74) is -3.91. The third-order valence-electron chi connectivity index (χ3n) is 4.52. The number of benzene rings is 2. The summed E-state index contributed by atoms with van der Waals surface area (Å²) in [5.74, 6) is -3.23. The average molecular weight is 468 g/mol. The molecule has 5 nitrogen and oxygen atoms in total. The van der Waals surface area contributed by atoms with E-state index in [1.54, 1.807) is 0 Å². The molecule has 3 N–H and O–H groups in total. The largest absolute Gasteiger partial charge is 0.437 e. The normalized spacial score (nSPS) is 24.6. The van der Waals surface area contributed by atoms with Crippen LogP contribution in [0.5, 0.6) is 0 Å². The smallest absolute Gasteiger partial charge is 0.363 e. The van der Waals surface area contributed by atoms with Crippen LogP contribution in [0.4, 0.5) is 18.0 Å². The van der Waals surface area contributed by atoms with Crippen LogP contribution in [-0.4, -0.2) is 28.8 Å². The van der Waals surface area contributed by atoms with E-state index in [4.69, 9.17) is 34.8 Å². The Bertz CT molecular complexity index is 969. The van der Waals surface area contributed by atoms with Crippen molar-refractivity contribution in [3.05, 3.63) is 68.7 Å². The van der Waals surface area contributed by atoms with Crippen LogP contribution in [0.3, 0.4) is 0 Å². The predicted octanol–water partition coefficient (Wildman–Crippen LogP) is 4.75. The number of hydrogen-bond acceptors (Lipinski definition) is 3. The van der Waals surface area contributed by atoms with Gasteiger partial charge in [-0.05, 0) is 42.0 Å². The quantitative estimate of drug-likeness (QED) is 0.570. The SMILES string of the molecule is O=C1N[C@H](c2ccc(Cl)c(Cl)c2)[C@@H](C(=O)c2ccc(Cl)cc2)[C@](O)(C(F)(F)F)N1. The van der Waals surface area contributed by atoms with Crippen molar-refractivity contribution in [3.8, 4) is 0 Å². The Balaban J connectivity index is 2.17. The minimum atomic E-state index is -5.36. The van der Waals surface area contributed by atoms with E-state index in [2.05, 4.69) is 5.32 Å². The molecule has 2 aromatic rings. The number of alkyl halides is 3. The van der Waals surface area contributed by atoms with Gasteiger partial charge in [0.2, 0.25) is 5.72 Å². The van der Waals surface area contributed by atoms with Crippen LogP contribution in [-0.2, 0) is 0 Å². The summed E-state index contributed by atoms with van der Waals surface area (Å²) in [7, 11) is 0. The molecule has 11 heteroatoms. The summed E-state index contributed by atoms with van der Waals surface area (Å²) in [5, 5.41) is 14.6. The Labute approximate surface area is 177 Å². The molecule has 2 aromatic carbocycles. The summed E-state index contributed by atoms with van der Waals surface area (Å²) >= 11 is 17.6. The minimum absolute atomic E-state index is 0.00480. The molecule has 1 aliphatic heterocycles. The highest BCUT2D eigenvalue weighted by atomic mass is 35.5. The molecule has 29 heavy (non-hydrogen) atoms. The maximum atomic E-state index is 13.8. The number of carbonyl (C=O) groups excluding carboxylic acids is 2. The lowest BCUT2D eigenvalue weighted by Crippen LogP contribution is -2.72. The van der Waals surface area contributed by atoms with Gasteiger partial charge in [0, 0.05) is 10.6 Å². The third kappa shape index (κ3) is 4.02. The highest BCUT2D eigenvalue weighted by Gasteiger charge is 2.66. The second kappa shape index (κ2) is 7.68. The predicted molar refractivity (Wildman–Crippen MR) is 101 cm³/mol. The van der Waals surface area contributed by atoms with Crippen molar-refractivity contribution in [2.24, 2.45) is 5.92 Å². The first-order chi connectivity index (χ1) is 13.4. The van der Waals surface area contributed by atoms with Crippen LogP contribution in [0.2, 0.25) is 15.1 Å². The Hall–Kier alpha value is -2.00. The summed E-state index contributed by atoms with van der Waals surface area (Å²) < 4.78 is 41.4. The zero-order chi connectivity index (χ0) is 21.6. The van der Waals surface area contributed by atoms with Crippen LogP contribution in [0.25, 0.3) is 0 Å². The summed E-state index contributed by atoms with van der Waals surface area (Å²) in [6.07, 6.45) is -5.36. The lowest BCUT2D eigenvalue weighted by atomic mass is 9.77. The number of rotatable bonds is 3. The second-order valence-electron chi connectivity index (χ2n) is 6.36. The van der Waals surface area contributed by atoms with Crippen molar-refractivity contribution in [1.29, 1.82) is 0 Å². The van der Waals surface area contributed by atoms with Gasteiger partial charge in [0.05, 0.1) is 16.1 Å². The number of nitrogens with one attached hydrogen (secondary N) is 2. The molecule has 0 saturated carbocycles. The molecule has 0 unspecified atom stereocenters. The molecule has 0 bridgehead atoms. The molecule has 1 saturated heterocycles. The lowest BCUT2D eigenvalue weighted by molar-refractivity contribution is -0.287. The van der Waals surface area contributed by atoms with E-state index in [1.165, 1.54) is 47.8 Å². The van der Waals surface area contributed by atoms with Gasteiger partial charge >= 0.3 is 12.2 Å². The van der Waals surface area contributed by atoms with Gasteiger partial charge in [-0.15, -0.1) is 0 Å². The van der Waals surface area contributed by atoms with Crippen LogP contribution >= 0.6 is 34.8 Å². The van der Waals surface area contributed by atoms with Crippen molar-refractivity contribution >= 4 is 46.6 Å². The molecule has 0 aromatic heterocycles. The standard InChI is InChI=1S/C18H12Cl3F3N2O3/c19-10-4-1-8(2-5-10)15(27)13-14(9-3-6-11(20)12(21)7-9)25-16(28)26-17(13,29)18(22,23)24/h1-7,13-14,29H,(H2,25,26,28)/t13-,14+,17-/m0/s1. The molecular formula is C18H12Cl3F3N2O3. The molecular weight excluding hydrogens is 456 g/mol. The molecule has 0 radical (unpaired) electrons. The number of halogens is 6. The van der Waals surface area contributed by atoms with Crippen LogP contribution in [0.1, 0.15) is 22.0 Å². The zero-order valence-electron chi connectivity index (χ0n) is 14.2. The zero-order valence-corrected chi connectivity index (χ0v) is 16.5. The molecule has 1 fully saturated rings. The fourth-order valence-corrected chi connectivity index (χ4v) is 3.55. The van der Waals surface area contributed by atoms with E-state index in [0.29, 0.717) is 0 Å². The van der Waals surface area contributed by atoms with Crippen molar-refractivity contribution in [3.63, 3.8) is 0 Å². The van der Waals surface area contributed by atoms with Crippen molar-refractivity contribution < 1.29 is 27.9 Å². The van der Waals surface area contributed by atoms with Crippen LogP contribution in [0, 0.1) is 5.92 Å². The summed E-state index contributed by atoms with van der Waals surface area (Å²) in [6.45, 7) is 0. The number of carbonyl (C=O) groups is 2. The van der Waals surface area contributed by atoms with Crippen molar-refractivity contribution in [2.45, 2.75) is 17.9 Å². The van der Waals surface area contributed by atoms with Crippen molar-refractivity contribution in [1.82, 2.24) is 10.6 Å². The maximum Gasteiger partial charge on any atom is 0.437 e. The molecule has 1 aliphatic rings. The van der Waals surface area contributed by atoms with E-state index < -0.39 is 35.7 Å². The first-order valence-corrected chi connectivity index (χ1v) is 9.20. The fraction of sp³-hybridized carbons (Fsp3) is 0.222. The van der Waals surface area contributed by atoms with E-state index in [1.807, 2.05) is 0 Å². The molecule has 0 spiro atoms. The first-order valence-electron chi connectivity index (χ1n) is 8.06. The Morgan fingerprint density at radius 2 is 1.66 bits per heavy atom. The van der Waals surface area contributed by atoms with Gasteiger partial charge in [0.15, 0.2) is 5.78 Å². The van der Waals surface area contributed by atoms with Gasteiger partial charge in [-0.1, -0.05) is 40.9 Å². The maximum absolute atomic E-state index is 13.8. The monoisotopic (exact) mass is 466 g/mol. The summed E-state index contributed by atoms with van der Waals surface area (Å²) in [4.78, 5) is 25.0. The number of hydrogen-bond donors (Lipinski definition) is 3. The number of aliphatic hydroxyl groups is 1. The van der Waals surface area contributed by atoms with Crippen molar-refractivity contribution in [2.75, 3.05) is 0 Å².